The second-order valence-electron chi connectivity index (χ2n) is 4.84. The molecule has 0 amide bonds. The topological polar surface area (TPSA) is 83.0 Å². The van der Waals surface area contributed by atoms with Gasteiger partial charge in [0, 0.05) is 11.8 Å². The van der Waals surface area contributed by atoms with E-state index in [0.717, 1.165) is 6.07 Å². The van der Waals surface area contributed by atoms with E-state index in [-0.39, 0.29) is 25.0 Å². The van der Waals surface area contributed by atoms with E-state index in [1.54, 1.807) is 24.3 Å². The monoisotopic (exact) mass is 314 g/mol. The van der Waals surface area contributed by atoms with E-state index >= 15 is 0 Å². The number of rotatable bonds is 3. The quantitative estimate of drug-likeness (QED) is 0.778. The summed E-state index contributed by atoms with van der Waals surface area (Å²) in [7, 11) is 0. The maximum atomic E-state index is 13.4. The minimum Gasteiger partial charge on any atom is -0.478 e. The van der Waals surface area contributed by atoms with Gasteiger partial charge in [0.25, 0.3) is 5.56 Å². The van der Waals surface area contributed by atoms with Gasteiger partial charge in [-0.3, -0.25) is 4.79 Å². The van der Waals surface area contributed by atoms with Gasteiger partial charge in [0.1, 0.15) is 5.82 Å². The minimum atomic E-state index is -1.32. The van der Waals surface area contributed by atoms with E-state index in [1.165, 1.54) is 12.1 Å². The number of carbonyl (C=O) groups is 1. The van der Waals surface area contributed by atoms with Crippen LogP contribution in [0.25, 0.3) is 10.8 Å². The number of halogens is 1. The lowest BCUT2D eigenvalue weighted by Gasteiger charge is -2.06. The average molecular weight is 314 g/mol. The molecule has 0 fully saturated rings. The number of aromatic nitrogens is 2. The van der Waals surface area contributed by atoms with E-state index in [1.807, 2.05) is 0 Å². The number of carboxylic acid groups (broad SMARTS) is 1. The fourth-order valence-corrected chi connectivity index (χ4v) is 2.35. The van der Waals surface area contributed by atoms with Gasteiger partial charge in [-0.15, -0.1) is 0 Å². The molecule has 0 bridgehead atoms. The van der Waals surface area contributed by atoms with E-state index in [4.69, 9.17) is 5.11 Å². The summed E-state index contributed by atoms with van der Waals surface area (Å²) < 4.78 is 13.4. The highest BCUT2D eigenvalue weighted by molar-refractivity contribution is 5.88. The summed E-state index contributed by atoms with van der Waals surface area (Å²) in [5, 5.41) is 16.6. The summed E-state index contributed by atoms with van der Waals surface area (Å²) >= 11 is 0. The van der Waals surface area contributed by atoms with Crippen molar-refractivity contribution in [2.45, 2.75) is 13.8 Å². The molecule has 3 aromatic rings. The van der Waals surface area contributed by atoms with Crippen molar-refractivity contribution in [1.29, 1.82) is 0 Å². The summed E-state index contributed by atoms with van der Waals surface area (Å²) in [6, 6.07) is 10.9. The first kappa shape index (κ1) is 16.4. The predicted octanol–water partition coefficient (Wildman–Crippen LogP) is 2.99. The standard InChI is InChI=1S/C16H11FN2O3.CH4/c17-13-6-5-9(7-12(13)16(21)22)8-14-10-3-1-2-4-11(10)15(20)19-18-14;/h1-7H,8H2,(H,19,20)(H,21,22);1H4. The fraction of sp³-hybridized carbons (Fsp3) is 0.118. The molecular formula is C17H15FN2O3. The van der Waals surface area contributed by atoms with Gasteiger partial charge in [0.2, 0.25) is 0 Å². The van der Waals surface area contributed by atoms with Gasteiger partial charge >= 0.3 is 5.97 Å². The number of hydrogen-bond acceptors (Lipinski definition) is 3. The van der Waals surface area contributed by atoms with Gasteiger partial charge in [-0.1, -0.05) is 31.7 Å². The molecule has 0 spiro atoms. The van der Waals surface area contributed by atoms with Crippen LogP contribution in [0.15, 0.2) is 47.3 Å². The van der Waals surface area contributed by atoms with Crippen molar-refractivity contribution < 1.29 is 14.3 Å². The van der Waals surface area contributed by atoms with E-state index in [9.17, 15) is 14.0 Å². The second kappa shape index (κ2) is 6.39. The first-order chi connectivity index (χ1) is 10.6. The lowest BCUT2D eigenvalue weighted by molar-refractivity contribution is 0.0691. The molecule has 23 heavy (non-hydrogen) atoms. The number of aromatic carboxylic acids is 1. The zero-order chi connectivity index (χ0) is 15.7. The molecule has 1 aromatic heterocycles. The SMILES string of the molecule is C.O=C(O)c1cc(Cc2n[nH]c(=O)c3ccccc23)ccc1F. The maximum Gasteiger partial charge on any atom is 0.338 e. The second-order valence-corrected chi connectivity index (χ2v) is 4.84. The third-order valence-corrected chi connectivity index (χ3v) is 3.41. The zero-order valence-corrected chi connectivity index (χ0v) is 11.3. The predicted molar refractivity (Wildman–Crippen MR) is 85.3 cm³/mol. The molecule has 6 heteroatoms. The Kier molecular flexibility index (Phi) is 4.55. The number of aromatic amines is 1. The normalized spacial score (nSPS) is 10.3. The number of nitrogens with zero attached hydrogens (tertiary/aromatic N) is 1. The number of benzene rings is 2. The molecule has 3 rings (SSSR count). The zero-order valence-electron chi connectivity index (χ0n) is 11.3. The summed E-state index contributed by atoms with van der Waals surface area (Å²) in [6.07, 6.45) is 0.290. The summed E-state index contributed by atoms with van der Waals surface area (Å²) in [4.78, 5) is 22.7. The van der Waals surface area contributed by atoms with Gasteiger partial charge < -0.3 is 5.11 Å². The number of fused-ring (bicyclic) bond motifs is 1. The molecule has 0 unspecified atom stereocenters. The van der Waals surface area contributed by atoms with Crippen LogP contribution in [-0.2, 0) is 6.42 Å². The molecule has 0 saturated heterocycles. The number of carboxylic acids is 1. The Labute approximate surface area is 131 Å². The summed E-state index contributed by atoms with van der Waals surface area (Å²) in [6.45, 7) is 0. The molecule has 2 aromatic carbocycles. The third-order valence-electron chi connectivity index (χ3n) is 3.41. The van der Waals surface area contributed by atoms with Crippen LogP contribution in [0, 0.1) is 5.82 Å². The van der Waals surface area contributed by atoms with E-state index in [2.05, 4.69) is 10.2 Å². The molecule has 2 N–H and O–H groups in total. The number of H-pyrrole nitrogens is 1. The molecule has 0 saturated carbocycles. The van der Waals surface area contributed by atoms with Crippen molar-refractivity contribution in [2.24, 2.45) is 0 Å². The molecule has 0 aliphatic rings. The largest absolute Gasteiger partial charge is 0.478 e. The molecule has 0 aliphatic carbocycles. The Morgan fingerprint density at radius 3 is 2.57 bits per heavy atom. The lowest BCUT2D eigenvalue weighted by atomic mass is 10.0. The molecule has 1 heterocycles. The molecule has 5 nitrogen and oxygen atoms in total. The van der Waals surface area contributed by atoms with Crippen LogP contribution >= 0.6 is 0 Å². The van der Waals surface area contributed by atoms with Crippen LogP contribution in [0.4, 0.5) is 4.39 Å². The molecule has 0 atom stereocenters. The first-order valence-electron chi connectivity index (χ1n) is 6.54. The van der Waals surface area contributed by atoms with Crippen molar-refractivity contribution in [2.75, 3.05) is 0 Å². The average Bonchev–Trinajstić information content (AvgIpc) is 2.52. The van der Waals surface area contributed by atoms with Crippen LogP contribution in [0.3, 0.4) is 0 Å². The number of hydrogen-bond donors (Lipinski definition) is 2. The Morgan fingerprint density at radius 2 is 1.87 bits per heavy atom. The molecule has 0 aliphatic heterocycles. The van der Waals surface area contributed by atoms with Crippen LogP contribution < -0.4 is 5.56 Å². The van der Waals surface area contributed by atoms with Gasteiger partial charge in [0.15, 0.2) is 0 Å². The highest BCUT2D eigenvalue weighted by Crippen LogP contribution is 2.18. The van der Waals surface area contributed by atoms with Crippen LogP contribution in [0.1, 0.15) is 29.0 Å². The highest BCUT2D eigenvalue weighted by atomic mass is 19.1. The first-order valence-corrected chi connectivity index (χ1v) is 6.54. The van der Waals surface area contributed by atoms with E-state index in [0.29, 0.717) is 22.0 Å². The van der Waals surface area contributed by atoms with Crippen LogP contribution in [0.2, 0.25) is 0 Å². The molecule has 0 radical (unpaired) electrons. The number of nitrogens with one attached hydrogen (secondary N) is 1. The Bertz CT molecular complexity index is 935. The van der Waals surface area contributed by atoms with Crippen molar-refractivity contribution in [3.05, 3.63) is 75.5 Å². The van der Waals surface area contributed by atoms with Gasteiger partial charge in [-0.2, -0.15) is 5.10 Å². The van der Waals surface area contributed by atoms with Crippen molar-refractivity contribution in [1.82, 2.24) is 10.2 Å². The van der Waals surface area contributed by atoms with Crippen LogP contribution in [-0.4, -0.2) is 21.3 Å². The third kappa shape index (κ3) is 3.11. The Morgan fingerprint density at radius 1 is 1.17 bits per heavy atom. The maximum absolute atomic E-state index is 13.4. The van der Waals surface area contributed by atoms with Crippen molar-refractivity contribution in [3.63, 3.8) is 0 Å². The fourth-order valence-electron chi connectivity index (χ4n) is 2.35. The highest BCUT2D eigenvalue weighted by Gasteiger charge is 2.12. The molecular weight excluding hydrogens is 299 g/mol. The van der Waals surface area contributed by atoms with E-state index < -0.39 is 11.8 Å². The summed E-state index contributed by atoms with van der Waals surface area (Å²) in [5.41, 5.74) is 0.526. The van der Waals surface area contributed by atoms with Crippen molar-refractivity contribution in [3.8, 4) is 0 Å². The van der Waals surface area contributed by atoms with Crippen molar-refractivity contribution >= 4 is 16.7 Å². The van der Waals surface area contributed by atoms with Crippen LogP contribution in [0.5, 0.6) is 0 Å². The Balaban J connectivity index is 0.00000192. The summed E-state index contributed by atoms with van der Waals surface area (Å²) in [5.74, 6) is -2.10. The smallest absolute Gasteiger partial charge is 0.338 e. The minimum absolute atomic E-state index is 0. The van der Waals surface area contributed by atoms with Gasteiger partial charge in [-0.25, -0.2) is 14.3 Å². The van der Waals surface area contributed by atoms with Gasteiger partial charge in [0.05, 0.1) is 16.6 Å². The lowest BCUT2D eigenvalue weighted by Crippen LogP contribution is -2.11. The van der Waals surface area contributed by atoms with Gasteiger partial charge in [-0.05, 0) is 23.8 Å². The Hall–Kier alpha value is -3.02. The molecule has 118 valence electrons.